The summed E-state index contributed by atoms with van der Waals surface area (Å²) in [5.41, 5.74) is -2.59. The van der Waals surface area contributed by atoms with Crippen molar-refractivity contribution in [2.45, 2.75) is 12.5 Å². The van der Waals surface area contributed by atoms with Crippen LogP contribution < -0.4 is 4.74 Å². The molecule has 19 heavy (non-hydrogen) atoms. The van der Waals surface area contributed by atoms with Crippen LogP contribution in [-0.4, -0.2) is 33.3 Å². The first-order valence-corrected chi connectivity index (χ1v) is 6.04. The third-order valence-electron chi connectivity index (χ3n) is 2.14. The minimum atomic E-state index is -2.16. The fourth-order valence-electron chi connectivity index (χ4n) is 1.10. The van der Waals surface area contributed by atoms with E-state index in [0.29, 0.717) is 0 Å². The summed E-state index contributed by atoms with van der Waals surface area (Å²) in [5.74, 6) is -1.70. The van der Waals surface area contributed by atoms with Crippen molar-refractivity contribution < 1.29 is 24.7 Å². The average molecular weight is 355 g/mol. The first-order valence-electron chi connectivity index (χ1n) is 4.87. The van der Waals surface area contributed by atoms with Crippen molar-refractivity contribution in [1.29, 1.82) is 0 Å². The Morgan fingerprint density at radius 3 is 2.68 bits per heavy atom. The van der Waals surface area contributed by atoms with Crippen molar-refractivity contribution in [3.05, 3.63) is 31.7 Å². The molecule has 2 N–H and O–H groups in total. The number of carbonyl (C=O) groups is 1. The quantitative estimate of drug-likeness (QED) is 0.620. The minimum Gasteiger partial charge on any atom is -0.482 e. The fraction of sp³-hybridized carbons (Fsp3) is 0.300. The van der Waals surface area contributed by atoms with E-state index in [1.165, 1.54) is 6.07 Å². The molecule has 0 aliphatic heterocycles. The number of halogens is 2. The lowest BCUT2D eigenvalue weighted by Crippen LogP contribution is -2.41. The van der Waals surface area contributed by atoms with Crippen molar-refractivity contribution in [3.63, 3.8) is 0 Å². The third-order valence-corrected chi connectivity index (χ3v) is 2.95. The Morgan fingerprint density at radius 2 is 2.21 bits per heavy atom. The zero-order valence-corrected chi connectivity index (χ0v) is 11.9. The highest BCUT2D eigenvalue weighted by Crippen LogP contribution is 2.38. The van der Waals surface area contributed by atoms with Crippen molar-refractivity contribution in [1.82, 2.24) is 0 Å². The summed E-state index contributed by atoms with van der Waals surface area (Å²) in [4.78, 5) is 20.8. The number of carboxylic acids is 1. The summed E-state index contributed by atoms with van der Waals surface area (Å²) in [7, 11) is 0. The second-order valence-corrected chi connectivity index (χ2v) is 5.15. The van der Waals surface area contributed by atoms with Crippen LogP contribution >= 0.6 is 27.5 Å². The highest BCUT2D eigenvalue weighted by molar-refractivity contribution is 9.10. The third kappa shape index (κ3) is 3.79. The molecule has 0 heterocycles. The number of ether oxygens (including phenoxy) is 1. The summed E-state index contributed by atoms with van der Waals surface area (Å²) in [6.07, 6.45) is 0. The number of hydrogen-bond donors (Lipinski definition) is 2. The molecule has 7 nitrogen and oxygen atoms in total. The van der Waals surface area contributed by atoms with Crippen molar-refractivity contribution in [3.8, 4) is 5.75 Å². The fourth-order valence-corrected chi connectivity index (χ4v) is 2.01. The normalized spacial score (nSPS) is 13.7. The molecule has 0 saturated carbocycles. The Balaban J connectivity index is 3.08. The molecule has 0 radical (unpaired) electrons. The monoisotopic (exact) mass is 353 g/mol. The van der Waals surface area contributed by atoms with Crippen LogP contribution in [0.25, 0.3) is 0 Å². The average Bonchev–Trinajstić information content (AvgIpc) is 2.26. The van der Waals surface area contributed by atoms with Crippen LogP contribution in [0.2, 0.25) is 5.02 Å². The molecule has 1 aromatic rings. The van der Waals surface area contributed by atoms with Crippen molar-refractivity contribution in [2.75, 3.05) is 6.61 Å². The number of benzene rings is 1. The zero-order chi connectivity index (χ0) is 14.8. The minimum absolute atomic E-state index is 0.121. The maximum atomic E-state index is 10.9. The van der Waals surface area contributed by atoms with E-state index in [1.54, 1.807) is 0 Å². The Kier molecular flexibility index (Phi) is 4.72. The lowest BCUT2D eigenvalue weighted by Gasteiger charge is -2.18. The largest absolute Gasteiger partial charge is 0.482 e. The van der Waals surface area contributed by atoms with Crippen LogP contribution in [0, 0.1) is 10.1 Å². The molecule has 1 unspecified atom stereocenters. The van der Waals surface area contributed by atoms with Crippen LogP contribution in [0.15, 0.2) is 16.6 Å². The molecule has 0 fully saturated rings. The van der Waals surface area contributed by atoms with Gasteiger partial charge in [0.25, 0.3) is 0 Å². The number of rotatable bonds is 5. The maximum Gasteiger partial charge on any atom is 0.339 e. The van der Waals surface area contributed by atoms with E-state index >= 15 is 0 Å². The highest BCUT2D eigenvalue weighted by Gasteiger charge is 2.32. The summed E-state index contributed by atoms with van der Waals surface area (Å²) < 4.78 is 5.22. The van der Waals surface area contributed by atoms with Gasteiger partial charge in [-0.2, -0.15) is 0 Å². The number of aliphatic hydroxyl groups is 1. The first kappa shape index (κ1) is 15.7. The van der Waals surface area contributed by atoms with Crippen molar-refractivity contribution >= 4 is 39.2 Å². The predicted octanol–water partition coefficient (Wildman–Crippen LogP) is 2.23. The van der Waals surface area contributed by atoms with Gasteiger partial charge in [0, 0.05) is 11.1 Å². The second-order valence-electron chi connectivity index (χ2n) is 3.86. The molecule has 0 aliphatic rings. The molecule has 0 bridgehead atoms. The van der Waals surface area contributed by atoms with E-state index in [0.717, 1.165) is 13.0 Å². The molecule has 0 amide bonds. The van der Waals surface area contributed by atoms with E-state index in [-0.39, 0.29) is 15.2 Å². The standard InChI is InChI=1S/C10H9BrClNO6/c1-10(16,9(14)15)4-19-8-6(11)2-5(12)3-7(8)13(17)18/h2-3,16H,4H2,1H3,(H,14,15). The predicted molar refractivity (Wildman–Crippen MR) is 69.6 cm³/mol. The van der Waals surface area contributed by atoms with Gasteiger partial charge in [-0.25, -0.2) is 4.79 Å². The van der Waals surface area contributed by atoms with Crippen molar-refractivity contribution in [2.24, 2.45) is 0 Å². The number of hydrogen-bond acceptors (Lipinski definition) is 5. The summed E-state index contributed by atoms with van der Waals surface area (Å²) in [5, 5.41) is 29.2. The Labute approximate surface area is 121 Å². The van der Waals surface area contributed by atoms with Crippen LogP contribution in [-0.2, 0) is 4.79 Å². The molecule has 104 valence electrons. The molecule has 0 aromatic heterocycles. The van der Waals surface area contributed by atoms with Gasteiger partial charge in [0.15, 0.2) is 5.60 Å². The Hall–Kier alpha value is -1.38. The summed E-state index contributed by atoms with van der Waals surface area (Å²) in [6, 6.07) is 2.43. The van der Waals surface area contributed by atoms with Gasteiger partial charge in [0.05, 0.1) is 9.40 Å². The Bertz CT molecular complexity index is 533. The van der Waals surface area contributed by atoms with Gasteiger partial charge >= 0.3 is 11.7 Å². The number of carboxylic acid groups (broad SMARTS) is 1. The number of nitrogens with zero attached hydrogens (tertiary/aromatic N) is 1. The van der Waals surface area contributed by atoms with E-state index in [9.17, 15) is 20.0 Å². The lowest BCUT2D eigenvalue weighted by atomic mass is 10.1. The van der Waals surface area contributed by atoms with E-state index in [4.69, 9.17) is 21.4 Å². The maximum absolute atomic E-state index is 10.9. The van der Waals surface area contributed by atoms with Gasteiger partial charge in [-0.3, -0.25) is 10.1 Å². The number of nitro groups is 1. The van der Waals surface area contributed by atoms with Crippen LogP contribution in [0.3, 0.4) is 0 Å². The SMILES string of the molecule is CC(O)(COc1c(Br)cc(Cl)cc1[N+](=O)[O-])C(=O)O. The molecule has 1 atom stereocenters. The zero-order valence-electron chi connectivity index (χ0n) is 9.59. The van der Waals surface area contributed by atoms with Gasteiger partial charge in [-0.15, -0.1) is 0 Å². The smallest absolute Gasteiger partial charge is 0.339 e. The molecule has 0 saturated heterocycles. The van der Waals surface area contributed by atoms with Gasteiger partial charge in [0.2, 0.25) is 5.75 Å². The Morgan fingerprint density at radius 1 is 1.63 bits per heavy atom. The molecule has 1 aromatic carbocycles. The highest BCUT2D eigenvalue weighted by atomic mass is 79.9. The molecule has 9 heteroatoms. The lowest BCUT2D eigenvalue weighted by molar-refractivity contribution is -0.386. The topological polar surface area (TPSA) is 110 Å². The molecular weight excluding hydrogens is 345 g/mol. The summed E-state index contributed by atoms with van der Waals surface area (Å²) in [6.45, 7) is 0.369. The molecule has 0 aliphatic carbocycles. The van der Waals surface area contributed by atoms with E-state index < -0.39 is 28.8 Å². The van der Waals surface area contributed by atoms with E-state index in [2.05, 4.69) is 15.9 Å². The van der Waals surface area contributed by atoms with Gasteiger partial charge in [-0.1, -0.05) is 11.6 Å². The van der Waals surface area contributed by atoms with Gasteiger partial charge in [0.1, 0.15) is 6.61 Å². The van der Waals surface area contributed by atoms with Crippen LogP contribution in [0.4, 0.5) is 5.69 Å². The second kappa shape index (κ2) is 5.72. The molecule has 0 spiro atoms. The summed E-state index contributed by atoms with van der Waals surface area (Å²) >= 11 is 8.70. The van der Waals surface area contributed by atoms with E-state index in [1.807, 2.05) is 0 Å². The van der Waals surface area contributed by atoms with Gasteiger partial charge < -0.3 is 14.9 Å². The number of nitro benzene ring substituents is 1. The molecule has 1 rings (SSSR count). The first-order chi connectivity index (χ1) is 8.65. The van der Waals surface area contributed by atoms with Crippen LogP contribution in [0.1, 0.15) is 6.92 Å². The van der Waals surface area contributed by atoms with Gasteiger partial charge in [-0.05, 0) is 28.9 Å². The van der Waals surface area contributed by atoms with Crippen LogP contribution in [0.5, 0.6) is 5.75 Å². The molecular formula is C10H9BrClNO6. The number of aliphatic carboxylic acids is 1.